The third-order valence-electron chi connectivity index (χ3n) is 2.95. The fraction of sp³-hybridized carbons (Fsp3) is 0.357. The van der Waals surface area contributed by atoms with Crippen molar-refractivity contribution in [2.75, 3.05) is 11.1 Å². The minimum Gasteiger partial charge on any atom is -0.399 e. The van der Waals surface area contributed by atoms with Crippen molar-refractivity contribution in [2.24, 2.45) is 0 Å². The van der Waals surface area contributed by atoms with E-state index in [1.54, 1.807) is 0 Å². The first-order valence-corrected chi connectivity index (χ1v) is 6.20. The maximum Gasteiger partial charge on any atom is 0.148 e. The Labute approximate surface area is 108 Å². The lowest BCUT2D eigenvalue weighted by Crippen LogP contribution is -2.04. The molecule has 1 heterocycles. The average Bonchev–Trinajstić information content (AvgIpc) is 2.79. The second-order valence-corrected chi connectivity index (χ2v) is 4.82. The summed E-state index contributed by atoms with van der Waals surface area (Å²) in [5.41, 5.74) is 9.00. The van der Waals surface area contributed by atoms with Gasteiger partial charge in [0.05, 0.1) is 0 Å². The Morgan fingerprint density at radius 2 is 2.11 bits per heavy atom. The highest BCUT2D eigenvalue weighted by Crippen LogP contribution is 2.14. The molecule has 2 rings (SSSR count). The van der Waals surface area contributed by atoms with Crippen molar-refractivity contribution in [1.82, 2.24) is 9.78 Å². The quantitative estimate of drug-likeness (QED) is 0.813. The molecule has 0 radical (unpaired) electrons. The molecule has 1 aromatic heterocycles. The van der Waals surface area contributed by atoms with Gasteiger partial charge in [-0.05, 0) is 38.0 Å². The van der Waals surface area contributed by atoms with Crippen molar-refractivity contribution in [2.45, 2.75) is 33.4 Å². The zero-order chi connectivity index (χ0) is 13.1. The number of rotatable bonds is 4. The van der Waals surface area contributed by atoms with E-state index in [4.69, 9.17) is 5.73 Å². The number of nitrogen functional groups attached to an aromatic ring is 1. The van der Waals surface area contributed by atoms with E-state index in [0.29, 0.717) is 6.04 Å². The van der Waals surface area contributed by atoms with Gasteiger partial charge in [-0.2, -0.15) is 5.10 Å². The van der Waals surface area contributed by atoms with Crippen LogP contribution in [0.2, 0.25) is 0 Å². The summed E-state index contributed by atoms with van der Waals surface area (Å²) in [6, 6.07) is 8.49. The molecule has 18 heavy (non-hydrogen) atoms. The molecule has 0 fully saturated rings. The van der Waals surface area contributed by atoms with Gasteiger partial charge in [-0.3, -0.25) is 4.68 Å². The monoisotopic (exact) mass is 244 g/mol. The second-order valence-electron chi connectivity index (χ2n) is 4.82. The topological polar surface area (TPSA) is 55.9 Å². The summed E-state index contributed by atoms with van der Waals surface area (Å²) in [7, 11) is 0. The molecule has 4 nitrogen and oxygen atoms in total. The van der Waals surface area contributed by atoms with E-state index in [-0.39, 0.29) is 0 Å². The lowest BCUT2D eigenvalue weighted by atomic mass is 10.1. The van der Waals surface area contributed by atoms with Crippen molar-refractivity contribution in [1.29, 1.82) is 0 Å². The van der Waals surface area contributed by atoms with Crippen molar-refractivity contribution in [3.63, 3.8) is 0 Å². The number of anilines is 2. The minimum atomic E-state index is 0.385. The maximum atomic E-state index is 5.89. The minimum absolute atomic E-state index is 0.385. The summed E-state index contributed by atoms with van der Waals surface area (Å²) in [5, 5.41) is 7.73. The van der Waals surface area contributed by atoms with E-state index in [1.807, 2.05) is 36.0 Å². The van der Waals surface area contributed by atoms with Gasteiger partial charge in [0.2, 0.25) is 0 Å². The summed E-state index contributed by atoms with van der Waals surface area (Å²) in [6.45, 7) is 6.96. The zero-order valence-corrected chi connectivity index (χ0v) is 11.1. The summed E-state index contributed by atoms with van der Waals surface area (Å²) in [5.74, 6) is 0.892. The Morgan fingerprint density at radius 3 is 2.72 bits per heavy atom. The number of hydrogen-bond acceptors (Lipinski definition) is 3. The first-order valence-electron chi connectivity index (χ1n) is 6.20. The molecule has 0 aliphatic heterocycles. The molecule has 0 aliphatic rings. The van der Waals surface area contributed by atoms with E-state index in [9.17, 15) is 0 Å². The van der Waals surface area contributed by atoms with Crippen LogP contribution in [0.1, 0.15) is 31.0 Å². The third kappa shape index (κ3) is 2.83. The van der Waals surface area contributed by atoms with Crippen LogP contribution in [0.3, 0.4) is 0 Å². The predicted molar refractivity (Wildman–Crippen MR) is 75.5 cm³/mol. The molecule has 0 saturated heterocycles. The third-order valence-corrected chi connectivity index (χ3v) is 2.95. The van der Waals surface area contributed by atoms with E-state index in [0.717, 1.165) is 29.2 Å². The van der Waals surface area contributed by atoms with Gasteiger partial charge in [0.25, 0.3) is 0 Å². The fourth-order valence-electron chi connectivity index (χ4n) is 1.71. The summed E-state index contributed by atoms with van der Waals surface area (Å²) in [6.07, 6.45) is 1.98. The van der Waals surface area contributed by atoms with E-state index >= 15 is 0 Å². The highest BCUT2D eigenvalue weighted by atomic mass is 15.3. The van der Waals surface area contributed by atoms with Gasteiger partial charge in [-0.1, -0.05) is 12.1 Å². The zero-order valence-electron chi connectivity index (χ0n) is 11.1. The number of aromatic nitrogens is 2. The van der Waals surface area contributed by atoms with Crippen LogP contribution < -0.4 is 11.1 Å². The molecule has 0 unspecified atom stereocenters. The molecule has 2 aromatic rings. The summed E-state index contributed by atoms with van der Waals surface area (Å²) >= 11 is 0. The fourth-order valence-corrected chi connectivity index (χ4v) is 1.71. The lowest BCUT2D eigenvalue weighted by molar-refractivity contribution is 0.534. The normalized spacial score (nSPS) is 10.9. The van der Waals surface area contributed by atoms with Crippen LogP contribution in [0.25, 0.3) is 0 Å². The molecule has 0 bridgehead atoms. The van der Waals surface area contributed by atoms with Crippen LogP contribution in [-0.4, -0.2) is 9.78 Å². The highest BCUT2D eigenvalue weighted by molar-refractivity contribution is 5.49. The van der Waals surface area contributed by atoms with Gasteiger partial charge in [0, 0.05) is 30.5 Å². The first kappa shape index (κ1) is 12.5. The van der Waals surface area contributed by atoms with Crippen LogP contribution >= 0.6 is 0 Å². The van der Waals surface area contributed by atoms with Gasteiger partial charge in [0.15, 0.2) is 0 Å². The largest absolute Gasteiger partial charge is 0.399 e. The van der Waals surface area contributed by atoms with E-state index in [1.165, 1.54) is 0 Å². The van der Waals surface area contributed by atoms with Crippen LogP contribution in [-0.2, 0) is 6.54 Å². The van der Waals surface area contributed by atoms with Gasteiger partial charge in [0.1, 0.15) is 5.82 Å². The molecular formula is C14H20N4. The van der Waals surface area contributed by atoms with Crippen LogP contribution in [0.4, 0.5) is 11.5 Å². The van der Waals surface area contributed by atoms with E-state index in [2.05, 4.69) is 30.3 Å². The predicted octanol–water partition coefficient (Wildman–Crippen LogP) is 2.97. The van der Waals surface area contributed by atoms with Crippen LogP contribution in [0.5, 0.6) is 0 Å². The van der Waals surface area contributed by atoms with Gasteiger partial charge < -0.3 is 11.1 Å². The van der Waals surface area contributed by atoms with Crippen LogP contribution in [0, 0.1) is 6.92 Å². The Morgan fingerprint density at radius 1 is 1.33 bits per heavy atom. The Kier molecular flexibility index (Phi) is 3.55. The van der Waals surface area contributed by atoms with Crippen molar-refractivity contribution < 1.29 is 0 Å². The Bertz CT molecular complexity index is 528. The number of hydrogen-bond donors (Lipinski definition) is 2. The van der Waals surface area contributed by atoms with Crippen LogP contribution in [0.15, 0.2) is 30.5 Å². The molecule has 0 aliphatic carbocycles. The Balaban J connectivity index is 2.00. The van der Waals surface area contributed by atoms with Gasteiger partial charge in [-0.25, -0.2) is 0 Å². The molecule has 0 atom stereocenters. The average molecular weight is 244 g/mol. The van der Waals surface area contributed by atoms with Crippen molar-refractivity contribution >= 4 is 11.5 Å². The molecule has 0 spiro atoms. The molecule has 1 aromatic carbocycles. The molecule has 96 valence electrons. The van der Waals surface area contributed by atoms with Crippen molar-refractivity contribution in [3.05, 3.63) is 41.6 Å². The first-order chi connectivity index (χ1) is 8.56. The number of nitrogens with zero attached hydrogens (tertiary/aromatic N) is 2. The SMILES string of the molecule is Cc1ccc(CNc2ccn(C(C)C)n2)cc1N. The number of benzene rings is 1. The Hall–Kier alpha value is -1.97. The molecule has 0 saturated carbocycles. The van der Waals surface area contributed by atoms with Gasteiger partial charge in [-0.15, -0.1) is 0 Å². The summed E-state index contributed by atoms with van der Waals surface area (Å²) in [4.78, 5) is 0. The number of nitrogens with one attached hydrogen (secondary N) is 1. The smallest absolute Gasteiger partial charge is 0.148 e. The standard InChI is InChI=1S/C14H20N4/c1-10(2)18-7-6-14(17-18)16-9-12-5-4-11(3)13(15)8-12/h4-8,10H,9,15H2,1-3H3,(H,16,17). The molecule has 0 amide bonds. The maximum absolute atomic E-state index is 5.89. The lowest BCUT2D eigenvalue weighted by Gasteiger charge is -2.07. The number of nitrogens with two attached hydrogens (primary N) is 1. The summed E-state index contributed by atoms with van der Waals surface area (Å²) < 4.78 is 1.94. The highest BCUT2D eigenvalue weighted by Gasteiger charge is 2.02. The van der Waals surface area contributed by atoms with E-state index < -0.39 is 0 Å². The second kappa shape index (κ2) is 5.12. The van der Waals surface area contributed by atoms with Gasteiger partial charge >= 0.3 is 0 Å². The molecule has 3 N–H and O–H groups in total. The number of aryl methyl sites for hydroxylation is 1. The van der Waals surface area contributed by atoms with Crippen molar-refractivity contribution in [3.8, 4) is 0 Å². The molecule has 4 heteroatoms. The molecular weight excluding hydrogens is 224 g/mol.